The molecule has 0 aromatic carbocycles. The fourth-order valence-electron chi connectivity index (χ4n) is 2.21. The maximum absolute atomic E-state index is 9.28. The van der Waals surface area contributed by atoms with Crippen LogP contribution >= 0.6 is 0 Å². The van der Waals surface area contributed by atoms with Crippen molar-refractivity contribution < 1.29 is 0 Å². The summed E-state index contributed by atoms with van der Waals surface area (Å²) in [5, 5.41) is 12.4. The van der Waals surface area contributed by atoms with Crippen LogP contribution in [0, 0.1) is 17.2 Å². The molecule has 2 unspecified atom stereocenters. The molecule has 0 aromatic heterocycles. The van der Waals surface area contributed by atoms with Gasteiger partial charge in [0.25, 0.3) is 0 Å². The lowest BCUT2D eigenvalue weighted by Gasteiger charge is -2.35. The quantitative estimate of drug-likeness (QED) is 0.692. The molecule has 4 nitrogen and oxygen atoms in total. The maximum Gasteiger partial charge on any atom is 0.105 e. The Labute approximate surface area is 119 Å². The van der Waals surface area contributed by atoms with Crippen LogP contribution in [0.4, 0.5) is 0 Å². The molecule has 0 heterocycles. The van der Waals surface area contributed by atoms with Crippen molar-refractivity contribution in [1.82, 2.24) is 15.1 Å². The first-order chi connectivity index (χ1) is 8.74. The average Bonchev–Trinajstić information content (AvgIpc) is 2.33. The van der Waals surface area contributed by atoms with E-state index in [1.54, 1.807) is 0 Å². The van der Waals surface area contributed by atoms with E-state index < -0.39 is 5.54 Å². The zero-order valence-electron chi connectivity index (χ0n) is 13.8. The molecule has 0 saturated carbocycles. The first kappa shape index (κ1) is 18.4. The third-order valence-corrected chi connectivity index (χ3v) is 3.56. The molecule has 2 atom stereocenters. The highest BCUT2D eigenvalue weighted by Crippen LogP contribution is 2.16. The van der Waals surface area contributed by atoms with Crippen LogP contribution in [0.3, 0.4) is 0 Å². The van der Waals surface area contributed by atoms with Crippen LogP contribution in [0.5, 0.6) is 0 Å². The SMILES string of the molecule is CNC(C)(C#N)CC(C)N(CCN(C)C)CC(C)C. The van der Waals surface area contributed by atoms with Crippen molar-refractivity contribution in [3.63, 3.8) is 0 Å². The largest absolute Gasteiger partial charge is 0.308 e. The molecular weight excluding hydrogens is 236 g/mol. The molecule has 0 bridgehead atoms. The van der Waals surface area contributed by atoms with Crippen molar-refractivity contribution in [2.24, 2.45) is 5.92 Å². The molecule has 112 valence electrons. The lowest BCUT2D eigenvalue weighted by atomic mass is 9.94. The number of nitrogens with one attached hydrogen (secondary N) is 1. The molecule has 0 radical (unpaired) electrons. The third-order valence-electron chi connectivity index (χ3n) is 3.56. The van der Waals surface area contributed by atoms with E-state index in [1.165, 1.54) is 0 Å². The first-order valence-corrected chi connectivity index (χ1v) is 7.23. The Kier molecular flexibility index (Phi) is 8.24. The number of hydrogen-bond acceptors (Lipinski definition) is 4. The van der Waals surface area contributed by atoms with E-state index in [-0.39, 0.29) is 0 Å². The lowest BCUT2D eigenvalue weighted by molar-refractivity contribution is 0.148. The van der Waals surface area contributed by atoms with Gasteiger partial charge < -0.3 is 10.2 Å². The van der Waals surface area contributed by atoms with Gasteiger partial charge in [-0.05, 0) is 47.3 Å². The van der Waals surface area contributed by atoms with Gasteiger partial charge in [-0.25, -0.2) is 0 Å². The van der Waals surface area contributed by atoms with Gasteiger partial charge in [-0.2, -0.15) is 5.26 Å². The Hall–Kier alpha value is -0.630. The van der Waals surface area contributed by atoms with Crippen molar-refractivity contribution in [3.05, 3.63) is 0 Å². The molecule has 0 spiro atoms. The minimum atomic E-state index is -0.438. The van der Waals surface area contributed by atoms with Gasteiger partial charge in [0.2, 0.25) is 0 Å². The van der Waals surface area contributed by atoms with E-state index >= 15 is 0 Å². The Morgan fingerprint density at radius 3 is 2.16 bits per heavy atom. The molecule has 19 heavy (non-hydrogen) atoms. The van der Waals surface area contributed by atoms with Crippen molar-refractivity contribution in [2.45, 2.75) is 45.7 Å². The molecule has 0 aliphatic rings. The van der Waals surface area contributed by atoms with Gasteiger partial charge in [-0.15, -0.1) is 0 Å². The summed E-state index contributed by atoms with van der Waals surface area (Å²) in [5.74, 6) is 0.646. The van der Waals surface area contributed by atoms with Crippen LogP contribution in [-0.4, -0.2) is 62.2 Å². The van der Waals surface area contributed by atoms with Gasteiger partial charge in [0.05, 0.1) is 6.07 Å². The fourth-order valence-corrected chi connectivity index (χ4v) is 2.21. The predicted octanol–water partition coefficient (Wildman–Crippen LogP) is 1.79. The molecule has 0 saturated heterocycles. The summed E-state index contributed by atoms with van der Waals surface area (Å²) in [5.41, 5.74) is -0.438. The number of rotatable bonds is 9. The highest BCUT2D eigenvalue weighted by molar-refractivity contribution is 5.04. The smallest absolute Gasteiger partial charge is 0.105 e. The van der Waals surface area contributed by atoms with E-state index in [4.69, 9.17) is 0 Å². The van der Waals surface area contributed by atoms with Crippen LogP contribution in [-0.2, 0) is 0 Å². The van der Waals surface area contributed by atoms with Crippen molar-refractivity contribution >= 4 is 0 Å². The van der Waals surface area contributed by atoms with Gasteiger partial charge in [-0.3, -0.25) is 4.90 Å². The predicted molar refractivity (Wildman–Crippen MR) is 82.1 cm³/mol. The highest BCUT2D eigenvalue weighted by atomic mass is 15.2. The molecule has 0 aliphatic heterocycles. The van der Waals surface area contributed by atoms with Crippen molar-refractivity contribution in [3.8, 4) is 6.07 Å². The Bertz CT molecular complexity index is 282. The summed E-state index contributed by atoms with van der Waals surface area (Å²) in [7, 11) is 6.07. The van der Waals surface area contributed by atoms with Gasteiger partial charge in [0.15, 0.2) is 0 Å². The molecule has 0 rings (SSSR count). The van der Waals surface area contributed by atoms with Crippen LogP contribution in [0.2, 0.25) is 0 Å². The van der Waals surface area contributed by atoms with E-state index in [2.05, 4.69) is 56.1 Å². The molecule has 0 aromatic rings. The first-order valence-electron chi connectivity index (χ1n) is 7.23. The number of hydrogen-bond donors (Lipinski definition) is 1. The lowest BCUT2D eigenvalue weighted by Crippen LogP contribution is -2.47. The summed E-state index contributed by atoms with van der Waals surface area (Å²) in [4.78, 5) is 4.71. The van der Waals surface area contributed by atoms with E-state index in [1.807, 2.05) is 14.0 Å². The van der Waals surface area contributed by atoms with Crippen molar-refractivity contribution in [1.29, 1.82) is 5.26 Å². The molecular formula is C15H32N4. The Balaban J connectivity index is 4.61. The summed E-state index contributed by atoms with van der Waals surface area (Å²) in [6, 6.07) is 2.79. The Morgan fingerprint density at radius 1 is 1.21 bits per heavy atom. The maximum atomic E-state index is 9.28. The van der Waals surface area contributed by atoms with E-state index in [0.717, 1.165) is 26.1 Å². The van der Waals surface area contributed by atoms with Crippen LogP contribution in [0.15, 0.2) is 0 Å². The minimum absolute atomic E-state index is 0.402. The van der Waals surface area contributed by atoms with Gasteiger partial charge in [-0.1, -0.05) is 13.8 Å². The van der Waals surface area contributed by atoms with E-state index in [0.29, 0.717) is 12.0 Å². The molecule has 4 heteroatoms. The van der Waals surface area contributed by atoms with Crippen LogP contribution in [0.25, 0.3) is 0 Å². The third kappa shape index (κ3) is 7.51. The fraction of sp³-hybridized carbons (Fsp3) is 0.933. The summed E-state index contributed by atoms with van der Waals surface area (Å²) in [6.45, 7) is 11.9. The molecule has 0 aliphatic carbocycles. The number of likely N-dealkylation sites (N-methyl/N-ethyl adjacent to an activating group) is 1. The zero-order valence-corrected chi connectivity index (χ0v) is 13.8. The Morgan fingerprint density at radius 2 is 1.79 bits per heavy atom. The van der Waals surface area contributed by atoms with E-state index in [9.17, 15) is 5.26 Å². The summed E-state index contributed by atoms with van der Waals surface area (Å²) in [6.07, 6.45) is 0.847. The zero-order chi connectivity index (χ0) is 15.1. The van der Waals surface area contributed by atoms with Gasteiger partial charge in [0.1, 0.15) is 5.54 Å². The standard InChI is InChI=1S/C15H32N4/c1-13(2)11-19(9-8-18(6)7)14(3)10-15(4,12-16)17-5/h13-14,17H,8-11H2,1-7H3. The number of nitriles is 1. The second-order valence-electron chi connectivity index (χ2n) is 6.44. The second kappa shape index (κ2) is 8.52. The second-order valence-corrected chi connectivity index (χ2v) is 6.44. The van der Waals surface area contributed by atoms with Gasteiger partial charge >= 0.3 is 0 Å². The summed E-state index contributed by atoms with van der Waals surface area (Å²) < 4.78 is 0. The molecule has 1 N–H and O–H groups in total. The average molecular weight is 268 g/mol. The van der Waals surface area contributed by atoms with Crippen molar-refractivity contribution in [2.75, 3.05) is 40.8 Å². The normalized spacial score (nSPS) is 16.7. The molecule has 0 amide bonds. The van der Waals surface area contributed by atoms with Gasteiger partial charge in [0, 0.05) is 25.7 Å². The molecule has 0 fully saturated rings. The monoisotopic (exact) mass is 268 g/mol. The summed E-state index contributed by atoms with van der Waals surface area (Å²) >= 11 is 0. The topological polar surface area (TPSA) is 42.3 Å². The number of nitrogens with zero attached hydrogens (tertiary/aromatic N) is 3. The van der Waals surface area contributed by atoms with Crippen LogP contribution in [0.1, 0.15) is 34.1 Å². The highest BCUT2D eigenvalue weighted by Gasteiger charge is 2.27. The van der Waals surface area contributed by atoms with Crippen LogP contribution < -0.4 is 5.32 Å². The minimum Gasteiger partial charge on any atom is -0.308 e.